The Hall–Kier alpha value is -3.28. The van der Waals surface area contributed by atoms with E-state index in [0.29, 0.717) is 22.6 Å². The zero-order valence-corrected chi connectivity index (χ0v) is 14.3. The zero-order chi connectivity index (χ0) is 17.8. The van der Waals surface area contributed by atoms with Crippen molar-refractivity contribution < 1.29 is 14.3 Å². The molecule has 0 atom stereocenters. The Morgan fingerprint density at radius 1 is 1.12 bits per heavy atom. The Morgan fingerprint density at radius 3 is 2.68 bits per heavy atom. The molecular formula is C19H19N3O3. The van der Waals surface area contributed by atoms with Gasteiger partial charge in [0, 0.05) is 29.7 Å². The zero-order valence-electron chi connectivity index (χ0n) is 14.3. The summed E-state index contributed by atoms with van der Waals surface area (Å²) < 4.78 is 12.5. The van der Waals surface area contributed by atoms with E-state index in [1.54, 1.807) is 26.5 Å². The van der Waals surface area contributed by atoms with Crippen LogP contribution in [0.4, 0.5) is 0 Å². The second-order valence-corrected chi connectivity index (χ2v) is 5.45. The number of carbonyl (C=O) groups excluding carboxylic acids is 1. The molecule has 1 N–H and O–H groups in total. The van der Waals surface area contributed by atoms with E-state index in [1.165, 1.54) is 6.21 Å². The fourth-order valence-corrected chi connectivity index (χ4v) is 2.76. The predicted octanol–water partition coefficient (Wildman–Crippen LogP) is 2.96. The van der Waals surface area contributed by atoms with E-state index in [2.05, 4.69) is 10.5 Å². The molecule has 0 aliphatic rings. The van der Waals surface area contributed by atoms with Gasteiger partial charge in [0.25, 0.3) is 5.91 Å². The van der Waals surface area contributed by atoms with Gasteiger partial charge in [-0.25, -0.2) is 5.43 Å². The quantitative estimate of drug-likeness (QED) is 0.575. The lowest BCUT2D eigenvalue weighted by molar-refractivity contribution is 0.0956. The van der Waals surface area contributed by atoms with Gasteiger partial charge in [0.1, 0.15) is 0 Å². The summed E-state index contributed by atoms with van der Waals surface area (Å²) in [5.74, 6) is 0.898. The molecule has 1 amide bonds. The number of hydrogen-bond donors (Lipinski definition) is 1. The van der Waals surface area contributed by atoms with Crippen molar-refractivity contribution in [3.8, 4) is 11.5 Å². The van der Waals surface area contributed by atoms with Crippen LogP contribution < -0.4 is 14.9 Å². The maximum absolute atomic E-state index is 12.4. The van der Waals surface area contributed by atoms with Gasteiger partial charge in [-0.3, -0.25) is 4.79 Å². The van der Waals surface area contributed by atoms with Crippen molar-refractivity contribution in [3.05, 3.63) is 59.8 Å². The first-order valence-corrected chi connectivity index (χ1v) is 7.74. The van der Waals surface area contributed by atoms with Crippen LogP contribution in [0.25, 0.3) is 10.9 Å². The molecule has 3 aromatic rings. The lowest BCUT2D eigenvalue weighted by Crippen LogP contribution is -2.17. The summed E-state index contributed by atoms with van der Waals surface area (Å²) in [6, 6.07) is 13.2. The SMILES string of the molecule is COc1cccc(/C=N/NC(=O)c2cn(C)c3ccccc23)c1OC. The van der Waals surface area contributed by atoms with Crippen LogP contribution in [-0.4, -0.2) is 30.9 Å². The minimum atomic E-state index is -0.269. The van der Waals surface area contributed by atoms with E-state index in [-0.39, 0.29) is 5.91 Å². The standard InChI is InChI=1S/C19H19N3O3/c1-22-12-15(14-8-4-5-9-16(14)22)19(23)21-20-11-13-7-6-10-17(24-2)18(13)25-3/h4-12H,1-3H3,(H,21,23)/b20-11+. The molecule has 0 bridgehead atoms. The summed E-state index contributed by atoms with van der Waals surface area (Å²) >= 11 is 0. The summed E-state index contributed by atoms with van der Waals surface area (Å²) in [6.07, 6.45) is 3.33. The second kappa shape index (κ2) is 7.09. The van der Waals surface area contributed by atoms with E-state index in [4.69, 9.17) is 9.47 Å². The molecule has 128 valence electrons. The number of benzene rings is 2. The Balaban J connectivity index is 1.82. The van der Waals surface area contributed by atoms with E-state index in [9.17, 15) is 4.79 Å². The Morgan fingerprint density at radius 2 is 1.92 bits per heavy atom. The van der Waals surface area contributed by atoms with E-state index in [0.717, 1.165) is 10.9 Å². The Bertz CT molecular complexity index is 944. The van der Waals surface area contributed by atoms with Gasteiger partial charge in [0.05, 0.1) is 26.0 Å². The number of hydrazone groups is 1. The molecule has 0 fully saturated rings. The highest BCUT2D eigenvalue weighted by Crippen LogP contribution is 2.29. The number of fused-ring (bicyclic) bond motifs is 1. The van der Waals surface area contributed by atoms with Gasteiger partial charge < -0.3 is 14.0 Å². The molecule has 0 saturated heterocycles. The third-order valence-corrected chi connectivity index (χ3v) is 3.94. The van der Waals surface area contributed by atoms with Crippen molar-refractivity contribution in [2.75, 3.05) is 14.2 Å². The van der Waals surface area contributed by atoms with Gasteiger partial charge in [-0.05, 0) is 18.2 Å². The molecule has 1 aromatic heterocycles. The molecule has 0 aliphatic heterocycles. The average molecular weight is 337 g/mol. The molecule has 0 unspecified atom stereocenters. The van der Waals surface area contributed by atoms with Crippen molar-refractivity contribution >= 4 is 23.0 Å². The Labute approximate surface area is 145 Å². The first kappa shape index (κ1) is 16.6. The minimum Gasteiger partial charge on any atom is -0.493 e. The number of para-hydroxylation sites is 2. The average Bonchev–Trinajstić information content (AvgIpc) is 2.98. The van der Waals surface area contributed by atoms with Gasteiger partial charge in [-0.15, -0.1) is 0 Å². The highest BCUT2D eigenvalue weighted by atomic mass is 16.5. The molecule has 0 aliphatic carbocycles. The van der Waals surface area contributed by atoms with Gasteiger partial charge in [-0.1, -0.05) is 24.3 Å². The summed E-state index contributed by atoms with van der Waals surface area (Å²) in [5, 5.41) is 4.93. The number of amides is 1. The van der Waals surface area contributed by atoms with Gasteiger partial charge in [0.2, 0.25) is 0 Å². The van der Waals surface area contributed by atoms with Crippen LogP contribution in [0.3, 0.4) is 0 Å². The fraction of sp³-hybridized carbons (Fsp3) is 0.158. The number of methoxy groups -OCH3 is 2. The first-order chi connectivity index (χ1) is 12.2. The van der Waals surface area contributed by atoms with Crippen LogP contribution >= 0.6 is 0 Å². The summed E-state index contributed by atoms with van der Waals surface area (Å²) in [5.41, 5.74) is 4.84. The minimum absolute atomic E-state index is 0.269. The summed E-state index contributed by atoms with van der Waals surface area (Å²) in [4.78, 5) is 12.4. The van der Waals surface area contributed by atoms with Crippen LogP contribution in [-0.2, 0) is 7.05 Å². The molecular weight excluding hydrogens is 318 g/mol. The molecule has 0 spiro atoms. The van der Waals surface area contributed by atoms with Crippen molar-refractivity contribution in [1.82, 2.24) is 9.99 Å². The van der Waals surface area contributed by atoms with E-state index in [1.807, 2.05) is 48.0 Å². The monoisotopic (exact) mass is 337 g/mol. The number of rotatable bonds is 5. The van der Waals surface area contributed by atoms with Crippen molar-refractivity contribution in [1.29, 1.82) is 0 Å². The molecule has 0 saturated carbocycles. The van der Waals surface area contributed by atoms with E-state index >= 15 is 0 Å². The van der Waals surface area contributed by atoms with Gasteiger partial charge in [0.15, 0.2) is 11.5 Å². The smallest absolute Gasteiger partial charge is 0.273 e. The molecule has 2 aromatic carbocycles. The summed E-state index contributed by atoms with van der Waals surface area (Å²) in [6.45, 7) is 0. The Kier molecular flexibility index (Phi) is 4.70. The number of carbonyl (C=O) groups is 1. The number of nitrogens with one attached hydrogen (secondary N) is 1. The first-order valence-electron chi connectivity index (χ1n) is 7.74. The maximum Gasteiger partial charge on any atom is 0.273 e. The second-order valence-electron chi connectivity index (χ2n) is 5.45. The molecule has 3 rings (SSSR count). The van der Waals surface area contributed by atoms with Crippen LogP contribution in [0.15, 0.2) is 53.8 Å². The van der Waals surface area contributed by atoms with E-state index < -0.39 is 0 Å². The number of aromatic nitrogens is 1. The van der Waals surface area contributed by atoms with Crippen LogP contribution in [0.5, 0.6) is 11.5 Å². The molecule has 1 heterocycles. The molecule has 6 heteroatoms. The predicted molar refractivity (Wildman–Crippen MR) is 97.5 cm³/mol. The van der Waals surface area contributed by atoms with Crippen LogP contribution in [0.1, 0.15) is 15.9 Å². The normalized spacial score (nSPS) is 11.0. The lowest BCUT2D eigenvalue weighted by Gasteiger charge is -2.09. The molecule has 0 radical (unpaired) electrons. The van der Waals surface area contributed by atoms with Crippen LogP contribution in [0, 0.1) is 0 Å². The van der Waals surface area contributed by atoms with Crippen molar-refractivity contribution in [2.45, 2.75) is 0 Å². The number of nitrogens with zero attached hydrogens (tertiary/aromatic N) is 2. The highest BCUT2D eigenvalue weighted by Gasteiger charge is 2.13. The molecule has 25 heavy (non-hydrogen) atoms. The number of ether oxygens (including phenoxy) is 2. The third kappa shape index (κ3) is 3.19. The topological polar surface area (TPSA) is 64.8 Å². The molecule has 6 nitrogen and oxygen atoms in total. The maximum atomic E-state index is 12.4. The number of aryl methyl sites for hydroxylation is 1. The highest BCUT2D eigenvalue weighted by molar-refractivity contribution is 6.07. The van der Waals surface area contributed by atoms with Crippen molar-refractivity contribution in [3.63, 3.8) is 0 Å². The number of hydrogen-bond acceptors (Lipinski definition) is 4. The third-order valence-electron chi connectivity index (χ3n) is 3.94. The van der Waals surface area contributed by atoms with Crippen molar-refractivity contribution in [2.24, 2.45) is 12.1 Å². The lowest BCUT2D eigenvalue weighted by atomic mass is 10.2. The van der Waals surface area contributed by atoms with Crippen LogP contribution in [0.2, 0.25) is 0 Å². The largest absolute Gasteiger partial charge is 0.493 e. The summed E-state index contributed by atoms with van der Waals surface area (Å²) in [7, 11) is 5.04. The van der Waals surface area contributed by atoms with Gasteiger partial charge >= 0.3 is 0 Å². The van der Waals surface area contributed by atoms with Gasteiger partial charge in [-0.2, -0.15) is 5.10 Å². The fourth-order valence-electron chi connectivity index (χ4n) is 2.76.